The van der Waals surface area contributed by atoms with E-state index in [1.165, 1.54) is 7.11 Å². The third-order valence-electron chi connectivity index (χ3n) is 3.44. The molecule has 1 aromatic carbocycles. The number of rotatable bonds is 3. The molecule has 1 aromatic rings. The van der Waals surface area contributed by atoms with Crippen molar-refractivity contribution in [3.63, 3.8) is 0 Å². The second kappa shape index (κ2) is 6.54. The van der Waals surface area contributed by atoms with Gasteiger partial charge in [0.1, 0.15) is 17.4 Å². The molecule has 2 rings (SSSR count). The first-order valence-corrected chi connectivity index (χ1v) is 7.06. The molecule has 1 atom stereocenters. The Morgan fingerprint density at radius 3 is 2.73 bits per heavy atom. The lowest BCUT2D eigenvalue weighted by Crippen LogP contribution is -2.25. The van der Waals surface area contributed by atoms with E-state index in [2.05, 4.69) is 0 Å². The van der Waals surface area contributed by atoms with Crippen LogP contribution in [0.1, 0.15) is 24.8 Å². The summed E-state index contributed by atoms with van der Waals surface area (Å²) in [5.41, 5.74) is 6.85. The predicted molar refractivity (Wildman–Crippen MR) is 81.4 cm³/mol. The molecule has 1 aliphatic rings. The maximum Gasteiger partial charge on any atom is 0.338 e. The van der Waals surface area contributed by atoms with E-state index in [0.717, 1.165) is 0 Å². The molecule has 0 aliphatic carbocycles. The zero-order valence-corrected chi connectivity index (χ0v) is 13.0. The van der Waals surface area contributed by atoms with Crippen LogP contribution in [-0.2, 0) is 14.3 Å². The van der Waals surface area contributed by atoms with Gasteiger partial charge in [0, 0.05) is 11.4 Å². The molecule has 22 heavy (non-hydrogen) atoms. The molecule has 2 N–H and O–H groups in total. The minimum atomic E-state index is -0.699. The first-order chi connectivity index (χ1) is 10.5. The van der Waals surface area contributed by atoms with Crippen molar-refractivity contribution in [3.8, 4) is 6.07 Å². The molecule has 0 fully saturated rings. The normalized spacial score (nSPS) is 17.8. The zero-order valence-electron chi connectivity index (χ0n) is 12.2. The molecule has 0 unspecified atom stereocenters. The summed E-state index contributed by atoms with van der Waals surface area (Å²) in [6.07, 6.45) is 0.435. The van der Waals surface area contributed by atoms with Gasteiger partial charge in [-0.25, -0.2) is 4.79 Å². The smallest absolute Gasteiger partial charge is 0.338 e. The Bertz CT molecular complexity index is 716. The third kappa shape index (κ3) is 2.66. The number of carbonyl (C=O) groups excluding carboxylic acids is 1. The zero-order chi connectivity index (χ0) is 16.3. The number of halogens is 1. The predicted octanol–water partition coefficient (Wildman–Crippen LogP) is 2.98. The van der Waals surface area contributed by atoms with Crippen molar-refractivity contribution in [3.05, 3.63) is 57.6 Å². The van der Waals surface area contributed by atoms with Crippen molar-refractivity contribution in [1.82, 2.24) is 0 Å². The minimum Gasteiger partial charge on any atom is -0.466 e. The molecule has 0 radical (unpaired) electrons. The lowest BCUT2D eigenvalue weighted by molar-refractivity contribution is -0.136. The standard InChI is InChI=1S/C16H15ClN2O3/c1-3-12-14(16(20)21-2)13(10(8-18)15(19)22-12)9-6-4-5-7-11(9)17/h4-7,13H,3,19H2,1-2H3/t13-/m0/s1. The number of nitriles is 1. The van der Waals surface area contributed by atoms with Crippen LogP contribution >= 0.6 is 11.6 Å². The molecular formula is C16H15ClN2O3. The molecular weight excluding hydrogens is 304 g/mol. The highest BCUT2D eigenvalue weighted by Crippen LogP contribution is 2.42. The van der Waals surface area contributed by atoms with Crippen LogP contribution in [0.15, 0.2) is 47.1 Å². The molecule has 0 bridgehead atoms. The van der Waals surface area contributed by atoms with Gasteiger partial charge in [-0.1, -0.05) is 36.7 Å². The van der Waals surface area contributed by atoms with E-state index < -0.39 is 11.9 Å². The number of nitrogens with zero attached hydrogens (tertiary/aromatic N) is 1. The maximum absolute atomic E-state index is 12.2. The number of allylic oxidation sites excluding steroid dienone is 2. The average Bonchev–Trinajstić information content (AvgIpc) is 2.53. The summed E-state index contributed by atoms with van der Waals surface area (Å²) in [6, 6.07) is 9.00. The van der Waals surface area contributed by atoms with Crippen LogP contribution in [0.4, 0.5) is 0 Å². The third-order valence-corrected chi connectivity index (χ3v) is 3.78. The Hall–Kier alpha value is -2.45. The highest BCUT2D eigenvalue weighted by atomic mass is 35.5. The number of carbonyl (C=O) groups is 1. The van der Waals surface area contributed by atoms with Crippen LogP contribution in [-0.4, -0.2) is 13.1 Å². The summed E-state index contributed by atoms with van der Waals surface area (Å²) in [6.45, 7) is 1.83. The van der Waals surface area contributed by atoms with Crippen LogP contribution in [0.5, 0.6) is 0 Å². The number of benzene rings is 1. The van der Waals surface area contributed by atoms with Crippen molar-refractivity contribution in [1.29, 1.82) is 5.26 Å². The van der Waals surface area contributed by atoms with Crippen molar-refractivity contribution in [2.45, 2.75) is 19.3 Å². The van der Waals surface area contributed by atoms with Crippen LogP contribution < -0.4 is 5.73 Å². The number of hydrogen-bond acceptors (Lipinski definition) is 5. The van der Waals surface area contributed by atoms with Gasteiger partial charge >= 0.3 is 5.97 Å². The monoisotopic (exact) mass is 318 g/mol. The molecule has 1 aliphatic heterocycles. The molecule has 1 heterocycles. The molecule has 6 heteroatoms. The highest BCUT2D eigenvalue weighted by Gasteiger charge is 2.37. The number of hydrogen-bond donors (Lipinski definition) is 1. The topological polar surface area (TPSA) is 85.3 Å². The molecule has 114 valence electrons. The minimum absolute atomic E-state index is 0.0167. The van der Waals surface area contributed by atoms with Crippen molar-refractivity contribution in [2.75, 3.05) is 7.11 Å². The van der Waals surface area contributed by atoms with Gasteiger partial charge in [0.2, 0.25) is 5.88 Å². The van der Waals surface area contributed by atoms with Gasteiger partial charge in [-0.2, -0.15) is 5.26 Å². The SMILES string of the molecule is CCC1=C(C(=O)OC)[C@@H](c2ccccc2Cl)C(C#N)=C(N)O1. The largest absolute Gasteiger partial charge is 0.466 e. The molecule has 0 spiro atoms. The van der Waals surface area contributed by atoms with E-state index in [1.807, 2.05) is 13.0 Å². The lowest BCUT2D eigenvalue weighted by atomic mass is 9.82. The number of methoxy groups -OCH3 is 1. The van der Waals surface area contributed by atoms with Gasteiger partial charge in [-0.15, -0.1) is 0 Å². The van der Waals surface area contributed by atoms with Crippen molar-refractivity contribution in [2.24, 2.45) is 5.73 Å². The molecule has 0 amide bonds. The fraction of sp³-hybridized carbons (Fsp3) is 0.250. The fourth-order valence-corrected chi connectivity index (χ4v) is 2.68. The average molecular weight is 319 g/mol. The highest BCUT2D eigenvalue weighted by molar-refractivity contribution is 6.31. The van der Waals surface area contributed by atoms with Crippen LogP contribution in [0.3, 0.4) is 0 Å². The van der Waals surface area contributed by atoms with E-state index in [0.29, 0.717) is 22.8 Å². The fourth-order valence-electron chi connectivity index (χ4n) is 2.43. The summed E-state index contributed by atoms with van der Waals surface area (Å²) >= 11 is 6.24. The van der Waals surface area contributed by atoms with Crippen LogP contribution in [0.2, 0.25) is 5.02 Å². The Morgan fingerprint density at radius 1 is 1.50 bits per heavy atom. The Labute approximate surface area is 133 Å². The molecule has 5 nitrogen and oxygen atoms in total. The first-order valence-electron chi connectivity index (χ1n) is 6.68. The molecule has 0 saturated carbocycles. The van der Waals surface area contributed by atoms with E-state index in [9.17, 15) is 10.1 Å². The molecule has 0 saturated heterocycles. The Morgan fingerprint density at radius 2 is 2.18 bits per heavy atom. The number of nitrogens with two attached hydrogens (primary N) is 1. The van der Waals surface area contributed by atoms with Gasteiger partial charge in [0.25, 0.3) is 0 Å². The van der Waals surface area contributed by atoms with Crippen LogP contribution in [0, 0.1) is 11.3 Å². The lowest BCUT2D eigenvalue weighted by Gasteiger charge is -2.28. The van der Waals surface area contributed by atoms with E-state index >= 15 is 0 Å². The van der Waals surface area contributed by atoms with E-state index in [-0.39, 0.29) is 17.0 Å². The Balaban J connectivity index is 2.73. The van der Waals surface area contributed by atoms with Gasteiger partial charge in [-0.05, 0) is 11.6 Å². The summed E-state index contributed by atoms with van der Waals surface area (Å²) in [4.78, 5) is 12.2. The number of ether oxygens (including phenoxy) is 2. The van der Waals surface area contributed by atoms with Crippen molar-refractivity contribution >= 4 is 17.6 Å². The van der Waals surface area contributed by atoms with Crippen LogP contribution in [0.25, 0.3) is 0 Å². The number of esters is 1. The Kier molecular flexibility index (Phi) is 4.74. The summed E-state index contributed by atoms with van der Waals surface area (Å²) in [5, 5.41) is 9.87. The second-order valence-electron chi connectivity index (χ2n) is 4.63. The first kappa shape index (κ1) is 15.9. The van der Waals surface area contributed by atoms with Gasteiger partial charge in [0.05, 0.1) is 18.6 Å². The van der Waals surface area contributed by atoms with Gasteiger partial charge < -0.3 is 15.2 Å². The van der Waals surface area contributed by atoms with Crippen molar-refractivity contribution < 1.29 is 14.3 Å². The second-order valence-corrected chi connectivity index (χ2v) is 5.04. The summed E-state index contributed by atoms with van der Waals surface area (Å²) < 4.78 is 10.3. The van der Waals surface area contributed by atoms with E-state index in [4.69, 9.17) is 26.8 Å². The molecule has 0 aromatic heterocycles. The summed E-state index contributed by atoms with van der Waals surface area (Å²) in [7, 11) is 1.28. The van der Waals surface area contributed by atoms with Gasteiger partial charge in [0.15, 0.2) is 0 Å². The van der Waals surface area contributed by atoms with E-state index in [1.54, 1.807) is 24.3 Å². The maximum atomic E-state index is 12.2. The van der Waals surface area contributed by atoms with Gasteiger partial charge in [-0.3, -0.25) is 0 Å². The quantitative estimate of drug-likeness (QED) is 0.866. The summed E-state index contributed by atoms with van der Waals surface area (Å²) in [5.74, 6) is -0.901.